The van der Waals surface area contributed by atoms with Crippen molar-refractivity contribution in [2.24, 2.45) is 0 Å². The molecule has 0 atom stereocenters. The second-order valence-corrected chi connectivity index (χ2v) is 8.30. The average Bonchev–Trinajstić information content (AvgIpc) is 2.63. The van der Waals surface area contributed by atoms with Crippen molar-refractivity contribution in [3.05, 3.63) is 60.7 Å². The summed E-state index contributed by atoms with van der Waals surface area (Å²) in [5, 5.41) is 0.943. The molecule has 1 aliphatic heterocycles. The molecule has 2 heterocycles. The Bertz CT molecular complexity index is 1150. The van der Waals surface area contributed by atoms with Crippen LogP contribution in [0.5, 0.6) is 11.6 Å². The first-order valence-electron chi connectivity index (χ1n) is 8.60. The van der Waals surface area contributed by atoms with Crippen molar-refractivity contribution in [1.29, 1.82) is 0 Å². The average molecular weight is 424 g/mol. The third-order valence-electron chi connectivity index (χ3n) is 4.37. The Balaban J connectivity index is 1.46. The van der Waals surface area contributed by atoms with Gasteiger partial charge in [0.05, 0.1) is 18.6 Å². The van der Waals surface area contributed by atoms with E-state index < -0.39 is 33.1 Å². The summed E-state index contributed by atoms with van der Waals surface area (Å²) in [5.74, 6) is -0.410. The van der Waals surface area contributed by atoms with E-state index in [2.05, 4.69) is 9.72 Å². The highest BCUT2D eigenvalue weighted by Crippen LogP contribution is 2.33. The molecule has 0 unspecified atom stereocenters. The fourth-order valence-electron chi connectivity index (χ4n) is 2.97. The van der Waals surface area contributed by atoms with Crippen molar-refractivity contribution in [1.82, 2.24) is 9.29 Å². The van der Waals surface area contributed by atoms with Crippen molar-refractivity contribution in [2.45, 2.75) is 17.4 Å². The molecule has 4 rings (SSSR count). The molecule has 1 aliphatic rings. The summed E-state index contributed by atoms with van der Waals surface area (Å²) >= 11 is 0. The Morgan fingerprint density at radius 3 is 2.41 bits per heavy atom. The molecule has 0 spiro atoms. The van der Waals surface area contributed by atoms with Gasteiger partial charge in [0.15, 0.2) is 0 Å². The number of sulfonamides is 1. The first-order valence-corrected chi connectivity index (χ1v) is 10.0. The molecule has 0 bridgehead atoms. The Hall–Kier alpha value is -2.85. The van der Waals surface area contributed by atoms with Crippen LogP contribution >= 0.6 is 0 Å². The molecule has 2 aromatic carbocycles. The lowest BCUT2D eigenvalue weighted by Gasteiger charge is -2.37. The topological polar surface area (TPSA) is 68.7 Å². The number of para-hydroxylation sites is 2. The third-order valence-corrected chi connectivity index (χ3v) is 6.24. The minimum absolute atomic E-state index is 0.00279. The maximum atomic E-state index is 12.7. The van der Waals surface area contributed by atoms with Gasteiger partial charge in [-0.25, -0.2) is 13.4 Å². The van der Waals surface area contributed by atoms with Gasteiger partial charge in [-0.05, 0) is 24.3 Å². The third kappa shape index (κ3) is 4.13. The lowest BCUT2D eigenvalue weighted by molar-refractivity contribution is -0.275. The standard InChI is InChI=1S/C19H15F3N2O4S/c20-19(21,22)28-16-7-3-4-8-17(16)29(25,26)24-11-14(12-24)27-18-10-9-13-5-1-2-6-15(13)23-18/h1-10,14H,11-12H2. The van der Waals surface area contributed by atoms with Gasteiger partial charge in [-0.15, -0.1) is 13.2 Å². The number of alkyl halides is 3. The van der Waals surface area contributed by atoms with E-state index in [-0.39, 0.29) is 13.1 Å². The molecule has 0 aliphatic carbocycles. The van der Waals surface area contributed by atoms with Crippen LogP contribution in [0.3, 0.4) is 0 Å². The Morgan fingerprint density at radius 1 is 0.966 bits per heavy atom. The second kappa shape index (κ2) is 7.20. The van der Waals surface area contributed by atoms with Gasteiger partial charge in [0, 0.05) is 11.5 Å². The highest BCUT2D eigenvalue weighted by Gasteiger charge is 2.41. The zero-order chi connectivity index (χ0) is 20.6. The molecule has 0 saturated carbocycles. The summed E-state index contributed by atoms with van der Waals surface area (Å²) in [6.07, 6.45) is -5.44. The minimum Gasteiger partial charge on any atom is -0.472 e. The maximum absolute atomic E-state index is 12.7. The van der Waals surface area contributed by atoms with Crippen molar-refractivity contribution in [3.8, 4) is 11.6 Å². The van der Waals surface area contributed by atoms with Crippen LogP contribution in [0.4, 0.5) is 13.2 Å². The van der Waals surface area contributed by atoms with Gasteiger partial charge in [0.1, 0.15) is 16.7 Å². The Morgan fingerprint density at radius 2 is 1.66 bits per heavy atom. The number of nitrogens with zero attached hydrogens (tertiary/aromatic N) is 2. The number of hydrogen-bond donors (Lipinski definition) is 0. The molecule has 29 heavy (non-hydrogen) atoms. The summed E-state index contributed by atoms with van der Waals surface area (Å²) in [5.41, 5.74) is 0.743. The van der Waals surface area contributed by atoms with Crippen LogP contribution in [0.1, 0.15) is 0 Å². The van der Waals surface area contributed by atoms with Gasteiger partial charge in [-0.2, -0.15) is 4.31 Å². The molecule has 0 amide bonds. The van der Waals surface area contributed by atoms with E-state index in [0.29, 0.717) is 5.88 Å². The zero-order valence-corrected chi connectivity index (χ0v) is 15.7. The number of aromatic nitrogens is 1. The fraction of sp³-hybridized carbons (Fsp3) is 0.211. The van der Waals surface area contributed by atoms with Crippen LogP contribution in [0.2, 0.25) is 0 Å². The summed E-state index contributed by atoms with van der Waals surface area (Å²) in [6, 6.07) is 15.7. The Kier molecular flexibility index (Phi) is 4.83. The fourth-order valence-corrected chi connectivity index (χ4v) is 4.58. The second-order valence-electron chi connectivity index (χ2n) is 6.40. The molecule has 0 N–H and O–H groups in total. The van der Waals surface area contributed by atoms with Crippen LogP contribution in [0.25, 0.3) is 10.9 Å². The predicted molar refractivity (Wildman–Crippen MR) is 98.0 cm³/mol. The summed E-state index contributed by atoms with van der Waals surface area (Å²) in [7, 11) is -4.16. The van der Waals surface area contributed by atoms with Gasteiger partial charge in [0.2, 0.25) is 15.9 Å². The lowest BCUT2D eigenvalue weighted by atomic mass is 10.2. The van der Waals surface area contributed by atoms with Crippen LogP contribution in [-0.2, 0) is 10.0 Å². The van der Waals surface area contributed by atoms with E-state index in [9.17, 15) is 21.6 Å². The quantitative estimate of drug-likeness (QED) is 0.626. The highest BCUT2D eigenvalue weighted by molar-refractivity contribution is 7.89. The first kappa shape index (κ1) is 19.5. The van der Waals surface area contributed by atoms with Gasteiger partial charge in [-0.3, -0.25) is 0 Å². The molecular weight excluding hydrogens is 409 g/mol. The van der Waals surface area contributed by atoms with Gasteiger partial charge < -0.3 is 9.47 Å². The van der Waals surface area contributed by atoms with Crippen LogP contribution < -0.4 is 9.47 Å². The molecule has 1 fully saturated rings. The summed E-state index contributed by atoms with van der Waals surface area (Å²) in [6.45, 7) is -0.00557. The van der Waals surface area contributed by atoms with Gasteiger partial charge >= 0.3 is 6.36 Å². The number of benzene rings is 2. The molecule has 1 saturated heterocycles. The molecule has 6 nitrogen and oxygen atoms in total. The van der Waals surface area contributed by atoms with Crippen molar-refractivity contribution < 1.29 is 31.1 Å². The first-order chi connectivity index (χ1) is 13.7. The van der Waals surface area contributed by atoms with E-state index in [1.165, 1.54) is 12.1 Å². The summed E-state index contributed by atoms with van der Waals surface area (Å²) in [4.78, 5) is 3.82. The molecular formula is C19H15F3N2O4S. The lowest BCUT2D eigenvalue weighted by Crippen LogP contribution is -2.56. The number of pyridine rings is 1. The molecule has 152 valence electrons. The highest BCUT2D eigenvalue weighted by atomic mass is 32.2. The predicted octanol–water partition coefficient (Wildman–Crippen LogP) is 3.59. The number of fused-ring (bicyclic) bond motifs is 1. The molecule has 0 radical (unpaired) electrons. The number of ether oxygens (including phenoxy) is 2. The number of rotatable bonds is 5. The maximum Gasteiger partial charge on any atom is 0.573 e. The largest absolute Gasteiger partial charge is 0.573 e. The van der Waals surface area contributed by atoms with Crippen LogP contribution in [0, 0.1) is 0 Å². The molecule has 1 aromatic heterocycles. The van der Waals surface area contributed by atoms with E-state index in [4.69, 9.17) is 4.74 Å². The van der Waals surface area contributed by atoms with Crippen molar-refractivity contribution in [2.75, 3.05) is 13.1 Å². The SMILES string of the molecule is O=S(=O)(c1ccccc1OC(F)(F)F)N1CC(Oc2ccc3ccccc3n2)C1. The minimum atomic E-state index is -4.99. The Labute approximate surface area is 164 Å². The van der Waals surface area contributed by atoms with Gasteiger partial charge in [0.25, 0.3) is 0 Å². The zero-order valence-electron chi connectivity index (χ0n) is 14.8. The van der Waals surface area contributed by atoms with Crippen LogP contribution in [-0.4, -0.2) is 43.3 Å². The monoisotopic (exact) mass is 424 g/mol. The normalized spacial score (nSPS) is 15.8. The number of hydrogen-bond acceptors (Lipinski definition) is 5. The van der Waals surface area contributed by atoms with E-state index in [1.54, 1.807) is 6.07 Å². The van der Waals surface area contributed by atoms with E-state index in [1.807, 2.05) is 30.3 Å². The molecule has 3 aromatic rings. The van der Waals surface area contributed by atoms with Crippen molar-refractivity contribution in [3.63, 3.8) is 0 Å². The smallest absolute Gasteiger partial charge is 0.472 e. The van der Waals surface area contributed by atoms with Gasteiger partial charge in [-0.1, -0.05) is 30.3 Å². The number of halogens is 3. The van der Waals surface area contributed by atoms with E-state index >= 15 is 0 Å². The van der Waals surface area contributed by atoms with E-state index in [0.717, 1.165) is 27.3 Å². The van der Waals surface area contributed by atoms with Crippen molar-refractivity contribution >= 4 is 20.9 Å². The van der Waals surface area contributed by atoms with Crippen LogP contribution in [0.15, 0.2) is 65.6 Å². The summed E-state index contributed by atoms with van der Waals surface area (Å²) < 4.78 is 73.7. The molecule has 10 heteroatoms.